The maximum Gasteiger partial charge on any atom is 0.258 e. The summed E-state index contributed by atoms with van der Waals surface area (Å²) in [5.74, 6) is 0.518. The fraction of sp³-hybridized carbons (Fsp3) is 0.619. The van der Waals surface area contributed by atoms with E-state index in [1.807, 2.05) is 21.0 Å². The molecule has 1 saturated carbocycles. The van der Waals surface area contributed by atoms with Gasteiger partial charge in [-0.15, -0.1) is 0 Å². The molecule has 0 bridgehead atoms. The van der Waals surface area contributed by atoms with Gasteiger partial charge in [0, 0.05) is 30.6 Å². The zero-order valence-electron chi connectivity index (χ0n) is 17.1. The number of anilines is 1. The van der Waals surface area contributed by atoms with Crippen LogP contribution in [0.1, 0.15) is 37.0 Å². The molecule has 0 saturated heterocycles. The largest absolute Gasteiger partial charge is 0.488 e. The topological polar surface area (TPSA) is 82.1 Å². The zero-order valence-corrected chi connectivity index (χ0v) is 17.1. The summed E-state index contributed by atoms with van der Waals surface area (Å²) in [4.78, 5) is 29.1. The predicted octanol–water partition coefficient (Wildman–Crippen LogP) is 1.82. The van der Waals surface area contributed by atoms with Crippen LogP contribution in [0.3, 0.4) is 0 Å². The third-order valence-electron chi connectivity index (χ3n) is 5.43. The van der Waals surface area contributed by atoms with Gasteiger partial charge in [-0.3, -0.25) is 9.59 Å². The first-order chi connectivity index (χ1) is 13.3. The van der Waals surface area contributed by atoms with E-state index in [9.17, 15) is 14.7 Å². The quantitative estimate of drug-likeness (QED) is 0.776. The number of benzene rings is 1. The first kappa shape index (κ1) is 20.6. The molecule has 7 heteroatoms. The molecule has 1 aliphatic heterocycles. The van der Waals surface area contributed by atoms with Crippen molar-refractivity contribution in [3.8, 4) is 5.75 Å². The monoisotopic (exact) mass is 389 g/mol. The standard InChI is InChI=1S/C21H31N3O4/c1-13-10-24(14(2)12-25)21(27)17-9-16(22-20(26)15-5-6-15)7-8-18(17)28-19(13)11-23(3)4/h7-9,13-15,19,25H,5-6,10-12H2,1-4H3,(H,22,26)/t13-,14-,19+/m1/s1. The minimum absolute atomic E-state index is 0.00106. The first-order valence-corrected chi connectivity index (χ1v) is 9.98. The number of aliphatic hydroxyl groups is 1. The van der Waals surface area contributed by atoms with Crippen LogP contribution < -0.4 is 10.1 Å². The highest BCUT2D eigenvalue weighted by atomic mass is 16.5. The highest BCUT2D eigenvalue weighted by molar-refractivity contribution is 6.00. The van der Waals surface area contributed by atoms with E-state index in [1.54, 1.807) is 23.1 Å². The smallest absolute Gasteiger partial charge is 0.258 e. The van der Waals surface area contributed by atoms with Crippen molar-refractivity contribution in [1.29, 1.82) is 0 Å². The molecule has 3 rings (SSSR count). The first-order valence-electron chi connectivity index (χ1n) is 9.98. The Hall–Kier alpha value is -2.12. The van der Waals surface area contributed by atoms with Crippen LogP contribution in [0.5, 0.6) is 5.75 Å². The molecule has 1 aromatic rings. The van der Waals surface area contributed by atoms with Crippen molar-refractivity contribution < 1.29 is 19.4 Å². The van der Waals surface area contributed by atoms with Crippen molar-refractivity contribution in [1.82, 2.24) is 9.80 Å². The van der Waals surface area contributed by atoms with Crippen molar-refractivity contribution in [2.45, 2.75) is 38.8 Å². The second-order valence-electron chi connectivity index (χ2n) is 8.36. The van der Waals surface area contributed by atoms with E-state index in [-0.39, 0.29) is 42.4 Å². The Morgan fingerprint density at radius 3 is 2.71 bits per heavy atom. The van der Waals surface area contributed by atoms with E-state index in [0.29, 0.717) is 23.5 Å². The van der Waals surface area contributed by atoms with Gasteiger partial charge in [0.2, 0.25) is 5.91 Å². The van der Waals surface area contributed by atoms with Crippen molar-refractivity contribution in [3.63, 3.8) is 0 Å². The van der Waals surface area contributed by atoms with Crippen molar-refractivity contribution in [2.75, 3.05) is 39.1 Å². The molecule has 0 radical (unpaired) electrons. The number of carbonyl (C=O) groups is 2. The van der Waals surface area contributed by atoms with Gasteiger partial charge in [-0.1, -0.05) is 6.92 Å². The van der Waals surface area contributed by atoms with E-state index in [1.165, 1.54) is 0 Å². The lowest BCUT2D eigenvalue weighted by Gasteiger charge is -2.37. The number of hydrogen-bond acceptors (Lipinski definition) is 5. The average molecular weight is 389 g/mol. The summed E-state index contributed by atoms with van der Waals surface area (Å²) >= 11 is 0. The Morgan fingerprint density at radius 2 is 2.11 bits per heavy atom. The van der Waals surface area contributed by atoms with Crippen LogP contribution in [-0.4, -0.2) is 72.7 Å². The van der Waals surface area contributed by atoms with E-state index in [0.717, 1.165) is 19.4 Å². The Bertz CT molecular complexity index is 732. The molecule has 1 fully saturated rings. The second kappa shape index (κ2) is 8.49. The van der Waals surface area contributed by atoms with Crippen LogP contribution in [-0.2, 0) is 4.79 Å². The second-order valence-corrected chi connectivity index (χ2v) is 8.36. The Balaban J connectivity index is 1.95. The van der Waals surface area contributed by atoms with Gasteiger partial charge < -0.3 is 25.0 Å². The van der Waals surface area contributed by atoms with E-state index < -0.39 is 0 Å². The summed E-state index contributed by atoms with van der Waals surface area (Å²) in [7, 11) is 3.98. The van der Waals surface area contributed by atoms with Gasteiger partial charge in [-0.25, -0.2) is 0 Å². The lowest BCUT2D eigenvalue weighted by molar-refractivity contribution is -0.117. The summed E-state index contributed by atoms with van der Waals surface area (Å²) < 4.78 is 6.25. The fourth-order valence-corrected chi connectivity index (χ4v) is 3.47. The summed E-state index contributed by atoms with van der Waals surface area (Å²) in [5.41, 5.74) is 1.02. The highest BCUT2D eigenvalue weighted by Crippen LogP contribution is 2.33. The molecule has 2 N–H and O–H groups in total. The van der Waals surface area contributed by atoms with E-state index >= 15 is 0 Å². The summed E-state index contributed by atoms with van der Waals surface area (Å²) in [5, 5.41) is 12.6. The van der Waals surface area contributed by atoms with E-state index in [4.69, 9.17) is 4.74 Å². The van der Waals surface area contributed by atoms with Crippen LogP contribution in [0.4, 0.5) is 5.69 Å². The number of fused-ring (bicyclic) bond motifs is 1. The van der Waals surface area contributed by atoms with Crippen LogP contribution in [0.15, 0.2) is 18.2 Å². The molecule has 2 aliphatic rings. The number of hydrogen-bond donors (Lipinski definition) is 2. The Kier molecular flexibility index (Phi) is 6.25. The number of ether oxygens (including phenoxy) is 1. The molecule has 154 valence electrons. The van der Waals surface area contributed by atoms with Crippen molar-refractivity contribution >= 4 is 17.5 Å². The van der Waals surface area contributed by atoms with Gasteiger partial charge in [0.05, 0.1) is 18.2 Å². The molecule has 3 atom stereocenters. The molecular weight excluding hydrogens is 358 g/mol. The number of aliphatic hydroxyl groups excluding tert-OH is 1. The summed E-state index contributed by atoms with van der Waals surface area (Å²) in [6.07, 6.45) is 1.75. The van der Waals surface area contributed by atoms with Crippen LogP contribution in [0, 0.1) is 11.8 Å². The lowest BCUT2D eigenvalue weighted by Crippen LogP contribution is -2.49. The average Bonchev–Trinajstić information content (AvgIpc) is 3.49. The van der Waals surface area contributed by atoms with Crippen molar-refractivity contribution in [3.05, 3.63) is 23.8 Å². The van der Waals surface area contributed by atoms with Crippen molar-refractivity contribution in [2.24, 2.45) is 11.8 Å². The summed E-state index contributed by atoms with van der Waals surface area (Å²) in [6, 6.07) is 4.94. The molecule has 7 nitrogen and oxygen atoms in total. The number of amides is 2. The van der Waals surface area contributed by atoms with Crippen LogP contribution in [0.25, 0.3) is 0 Å². The molecular formula is C21H31N3O4. The number of nitrogens with zero attached hydrogens (tertiary/aromatic N) is 2. The minimum Gasteiger partial charge on any atom is -0.488 e. The highest BCUT2D eigenvalue weighted by Gasteiger charge is 2.34. The summed E-state index contributed by atoms with van der Waals surface area (Å²) in [6.45, 7) is 5.01. The SMILES string of the molecule is C[C@@H]1CN([C@H](C)CO)C(=O)c2cc(NC(=O)C3CC3)ccc2O[C@H]1CN(C)C. The number of rotatable bonds is 6. The van der Waals surface area contributed by atoms with Gasteiger partial charge in [0.1, 0.15) is 11.9 Å². The fourth-order valence-electron chi connectivity index (χ4n) is 3.47. The minimum atomic E-state index is -0.300. The van der Waals surface area contributed by atoms with Gasteiger partial charge in [0.25, 0.3) is 5.91 Å². The number of likely N-dealkylation sites (N-methyl/N-ethyl adjacent to an activating group) is 1. The third kappa shape index (κ3) is 4.64. The zero-order chi connectivity index (χ0) is 20.4. The van der Waals surface area contributed by atoms with Gasteiger partial charge in [0.15, 0.2) is 0 Å². The predicted molar refractivity (Wildman–Crippen MR) is 108 cm³/mol. The van der Waals surface area contributed by atoms with Crippen LogP contribution in [0.2, 0.25) is 0 Å². The Morgan fingerprint density at radius 1 is 1.39 bits per heavy atom. The molecule has 0 unspecified atom stereocenters. The van der Waals surface area contributed by atoms with E-state index in [2.05, 4.69) is 17.1 Å². The normalized spacial score (nSPS) is 23.5. The Labute approximate surface area is 166 Å². The van der Waals surface area contributed by atoms with Crippen LogP contribution >= 0.6 is 0 Å². The molecule has 2 amide bonds. The van der Waals surface area contributed by atoms with Gasteiger partial charge >= 0.3 is 0 Å². The molecule has 0 spiro atoms. The molecule has 1 aliphatic carbocycles. The molecule has 28 heavy (non-hydrogen) atoms. The van der Waals surface area contributed by atoms with Gasteiger partial charge in [-0.2, -0.15) is 0 Å². The molecule has 0 aromatic heterocycles. The maximum absolute atomic E-state index is 13.3. The lowest BCUT2D eigenvalue weighted by atomic mass is 9.99. The van der Waals surface area contributed by atoms with Gasteiger partial charge in [-0.05, 0) is 52.1 Å². The third-order valence-corrected chi connectivity index (χ3v) is 5.43. The number of nitrogens with one attached hydrogen (secondary N) is 1. The maximum atomic E-state index is 13.3. The molecule has 1 heterocycles. The number of carbonyl (C=O) groups excluding carboxylic acids is 2. The molecule has 1 aromatic carbocycles.